The molecule has 1 aromatic heterocycles. The Kier molecular flexibility index (Phi) is 4.00. The number of alkyl halides is 1. The topological polar surface area (TPSA) is 17.8 Å². The third-order valence-electron chi connectivity index (χ3n) is 3.47. The molecule has 3 aromatic rings. The van der Waals surface area contributed by atoms with Gasteiger partial charge >= 0.3 is 0 Å². The van der Waals surface area contributed by atoms with Gasteiger partial charge in [0.1, 0.15) is 5.82 Å². The molecule has 108 valence electrons. The van der Waals surface area contributed by atoms with E-state index in [1.54, 1.807) is 0 Å². The molecule has 21 heavy (non-hydrogen) atoms. The molecule has 1 heterocycles. The summed E-state index contributed by atoms with van der Waals surface area (Å²) in [5.41, 5.74) is 5.12. The van der Waals surface area contributed by atoms with Gasteiger partial charge < -0.3 is 0 Å². The van der Waals surface area contributed by atoms with Gasteiger partial charge in [-0.3, -0.25) is 4.57 Å². The van der Waals surface area contributed by atoms with Crippen LogP contribution in [0.5, 0.6) is 0 Å². The number of benzene rings is 2. The van der Waals surface area contributed by atoms with Crippen LogP contribution >= 0.6 is 39.1 Å². The van der Waals surface area contributed by atoms with E-state index in [-0.39, 0.29) is 0 Å². The first-order valence-corrected chi connectivity index (χ1v) is 8.22. The maximum atomic E-state index is 6.29. The van der Waals surface area contributed by atoms with E-state index in [0.717, 1.165) is 37.6 Å². The van der Waals surface area contributed by atoms with Crippen molar-refractivity contribution >= 4 is 50.2 Å². The Morgan fingerprint density at radius 1 is 1.19 bits per heavy atom. The Labute approximate surface area is 141 Å². The van der Waals surface area contributed by atoms with Gasteiger partial charge in [0.25, 0.3) is 0 Å². The van der Waals surface area contributed by atoms with Crippen LogP contribution in [0, 0.1) is 13.8 Å². The fraction of sp³-hybridized carbons (Fsp3) is 0.188. The number of fused-ring (bicyclic) bond motifs is 1. The Hall–Kier alpha value is -1.03. The number of aryl methyl sites for hydroxylation is 2. The summed E-state index contributed by atoms with van der Waals surface area (Å²) >= 11 is 16.0. The minimum atomic E-state index is 0.339. The molecule has 0 fully saturated rings. The molecule has 0 bridgehead atoms. The number of imidazole rings is 1. The molecule has 0 N–H and O–H groups in total. The SMILES string of the molecule is Cc1ccc2nc(CCl)n(-c3cc(Cl)c(C)cc3Br)c2c1. The largest absolute Gasteiger partial charge is 0.294 e. The van der Waals surface area contributed by atoms with Crippen molar-refractivity contribution in [3.63, 3.8) is 0 Å². The summed E-state index contributed by atoms with van der Waals surface area (Å²) in [7, 11) is 0. The van der Waals surface area contributed by atoms with Crippen molar-refractivity contribution in [1.82, 2.24) is 9.55 Å². The average molecular weight is 384 g/mol. The zero-order chi connectivity index (χ0) is 15.1. The van der Waals surface area contributed by atoms with Crippen LogP contribution in [0.1, 0.15) is 17.0 Å². The molecule has 0 spiro atoms. The first-order valence-electron chi connectivity index (χ1n) is 6.51. The highest BCUT2D eigenvalue weighted by molar-refractivity contribution is 9.10. The summed E-state index contributed by atoms with van der Waals surface area (Å²) in [6.07, 6.45) is 0. The third kappa shape index (κ3) is 2.59. The van der Waals surface area contributed by atoms with Crippen LogP contribution in [0.4, 0.5) is 0 Å². The maximum Gasteiger partial charge on any atom is 0.129 e. The van der Waals surface area contributed by atoms with E-state index in [1.165, 1.54) is 5.56 Å². The van der Waals surface area contributed by atoms with Gasteiger partial charge in [-0.15, -0.1) is 11.6 Å². The second kappa shape index (κ2) is 5.64. The van der Waals surface area contributed by atoms with Crippen LogP contribution in [0.2, 0.25) is 5.02 Å². The highest BCUT2D eigenvalue weighted by atomic mass is 79.9. The van der Waals surface area contributed by atoms with Crippen LogP contribution in [0.15, 0.2) is 34.8 Å². The lowest BCUT2D eigenvalue weighted by atomic mass is 10.2. The van der Waals surface area contributed by atoms with Crippen LogP contribution in [-0.4, -0.2) is 9.55 Å². The van der Waals surface area contributed by atoms with E-state index in [1.807, 2.05) is 25.1 Å². The summed E-state index contributed by atoms with van der Waals surface area (Å²) in [5.74, 6) is 1.14. The molecule has 5 heteroatoms. The summed E-state index contributed by atoms with van der Waals surface area (Å²) in [5, 5.41) is 0.725. The third-order valence-corrected chi connectivity index (χ3v) is 4.75. The van der Waals surface area contributed by atoms with Crippen molar-refractivity contribution in [3.8, 4) is 5.69 Å². The molecular weight excluding hydrogens is 371 g/mol. The predicted molar refractivity (Wildman–Crippen MR) is 92.8 cm³/mol. The summed E-state index contributed by atoms with van der Waals surface area (Å²) in [6, 6.07) is 10.1. The van der Waals surface area contributed by atoms with Crippen molar-refractivity contribution in [2.75, 3.05) is 0 Å². The van der Waals surface area contributed by atoms with Crippen molar-refractivity contribution in [2.24, 2.45) is 0 Å². The summed E-state index contributed by atoms with van der Waals surface area (Å²) in [4.78, 5) is 4.61. The number of rotatable bonds is 2. The molecule has 0 aliphatic heterocycles. The van der Waals surface area contributed by atoms with Gasteiger partial charge in [-0.1, -0.05) is 17.7 Å². The molecule has 3 rings (SSSR count). The fourth-order valence-electron chi connectivity index (χ4n) is 2.40. The molecule has 2 aromatic carbocycles. The molecule has 0 atom stereocenters. The molecule has 0 aliphatic rings. The molecule has 0 saturated heterocycles. The Morgan fingerprint density at radius 3 is 2.67 bits per heavy atom. The van der Waals surface area contributed by atoms with E-state index in [0.29, 0.717) is 5.88 Å². The minimum Gasteiger partial charge on any atom is -0.294 e. The molecule has 0 aliphatic carbocycles. The van der Waals surface area contributed by atoms with Gasteiger partial charge in [-0.2, -0.15) is 0 Å². The van der Waals surface area contributed by atoms with Crippen molar-refractivity contribution in [3.05, 3.63) is 56.8 Å². The lowest BCUT2D eigenvalue weighted by Gasteiger charge is -2.12. The van der Waals surface area contributed by atoms with Gasteiger partial charge in [0, 0.05) is 9.50 Å². The lowest BCUT2D eigenvalue weighted by molar-refractivity contribution is 0.976. The number of hydrogen-bond donors (Lipinski definition) is 0. The van der Waals surface area contributed by atoms with E-state index in [9.17, 15) is 0 Å². The van der Waals surface area contributed by atoms with Crippen molar-refractivity contribution in [2.45, 2.75) is 19.7 Å². The Morgan fingerprint density at radius 2 is 1.95 bits per heavy atom. The quantitative estimate of drug-likeness (QED) is 0.511. The second-order valence-electron chi connectivity index (χ2n) is 5.04. The van der Waals surface area contributed by atoms with Gasteiger partial charge in [-0.25, -0.2) is 4.98 Å². The smallest absolute Gasteiger partial charge is 0.129 e. The molecule has 0 amide bonds. The van der Waals surface area contributed by atoms with Gasteiger partial charge in [0.05, 0.1) is 22.6 Å². The van der Waals surface area contributed by atoms with Crippen molar-refractivity contribution < 1.29 is 0 Å². The first kappa shape index (κ1) is 14.9. The summed E-state index contributed by atoms with van der Waals surface area (Å²) in [6.45, 7) is 4.05. The first-order chi connectivity index (χ1) is 10.0. The number of nitrogens with zero attached hydrogens (tertiary/aromatic N) is 2. The highest BCUT2D eigenvalue weighted by Gasteiger charge is 2.15. The zero-order valence-corrected chi connectivity index (χ0v) is 14.7. The van der Waals surface area contributed by atoms with Crippen LogP contribution in [0.3, 0.4) is 0 Å². The fourth-order valence-corrected chi connectivity index (χ4v) is 3.37. The maximum absolute atomic E-state index is 6.29. The minimum absolute atomic E-state index is 0.339. The standard InChI is InChI=1S/C16H13BrCl2N2/c1-9-3-4-13-15(5-9)21(16(8-18)20-13)14-7-12(19)10(2)6-11(14)17/h3-7H,8H2,1-2H3. The van der Waals surface area contributed by atoms with Gasteiger partial charge in [-0.05, 0) is 65.2 Å². The van der Waals surface area contributed by atoms with Crippen LogP contribution < -0.4 is 0 Å². The van der Waals surface area contributed by atoms with Gasteiger partial charge in [0.2, 0.25) is 0 Å². The molecule has 0 saturated carbocycles. The monoisotopic (exact) mass is 382 g/mol. The summed E-state index contributed by atoms with van der Waals surface area (Å²) < 4.78 is 3.03. The molecule has 2 nitrogen and oxygen atoms in total. The molecule has 0 radical (unpaired) electrons. The van der Waals surface area contributed by atoms with Gasteiger partial charge in [0.15, 0.2) is 0 Å². The Balaban J connectivity index is 2.38. The normalized spacial score (nSPS) is 11.3. The second-order valence-corrected chi connectivity index (χ2v) is 6.57. The lowest BCUT2D eigenvalue weighted by Crippen LogP contribution is -2.01. The predicted octanol–water partition coefficient (Wildman–Crippen LogP) is 5.80. The molecule has 0 unspecified atom stereocenters. The van der Waals surface area contributed by atoms with E-state index < -0.39 is 0 Å². The Bertz CT molecular complexity index is 840. The molecular formula is C16H13BrCl2N2. The zero-order valence-electron chi connectivity index (χ0n) is 11.6. The number of halogens is 3. The van der Waals surface area contributed by atoms with E-state index in [4.69, 9.17) is 23.2 Å². The number of aromatic nitrogens is 2. The average Bonchev–Trinajstić information content (AvgIpc) is 2.80. The van der Waals surface area contributed by atoms with Crippen LogP contribution in [0.25, 0.3) is 16.7 Å². The van der Waals surface area contributed by atoms with Crippen LogP contribution in [-0.2, 0) is 5.88 Å². The number of hydrogen-bond acceptors (Lipinski definition) is 1. The highest BCUT2D eigenvalue weighted by Crippen LogP contribution is 2.32. The van der Waals surface area contributed by atoms with Crippen molar-refractivity contribution in [1.29, 1.82) is 0 Å². The van der Waals surface area contributed by atoms with E-state index in [2.05, 4.69) is 44.5 Å². The van der Waals surface area contributed by atoms with E-state index >= 15 is 0 Å².